The van der Waals surface area contributed by atoms with Gasteiger partial charge in [-0.05, 0) is 110 Å². The van der Waals surface area contributed by atoms with Crippen LogP contribution in [0, 0.1) is 0 Å². The fourth-order valence-electron chi connectivity index (χ4n) is 7.33. The van der Waals surface area contributed by atoms with E-state index in [0.29, 0.717) is 57.2 Å². The molecule has 0 fully saturated rings. The van der Waals surface area contributed by atoms with Gasteiger partial charge in [0.1, 0.15) is 11.4 Å². The number of allylic oxidation sites excluding steroid dienone is 4. The standard InChI is InChI=1S/C51H91N3O8/c1-5-8-11-14-17-24-29-41-59-45(55)34-26-19-18-20-27-38-54(40-33-37-53-49-48(52-4)50(57)51(49)58)39-28-21-25-30-42-60-46(56)35-36-47(61-43-31-22-15-12-9-6-2)62-44-32-23-16-13-10-7-3/h9-10,12-13,47,52-53H,5-8,11,14-44H2,1-4H3/b12-9-,13-10-. The maximum Gasteiger partial charge on any atom is 0.305 e. The number of rotatable bonds is 46. The van der Waals surface area contributed by atoms with Gasteiger partial charge in [0.25, 0.3) is 10.9 Å². The maximum absolute atomic E-state index is 12.6. The van der Waals surface area contributed by atoms with E-state index in [2.05, 4.69) is 60.6 Å². The second-order valence-electron chi connectivity index (χ2n) is 16.7. The summed E-state index contributed by atoms with van der Waals surface area (Å²) in [5.74, 6) is -0.255. The van der Waals surface area contributed by atoms with Crippen molar-refractivity contribution < 1.29 is 28.5 Å². The minimum Gasteiger partial charge on any atom is -0.466 e. The van der Waals surface area contributed by atoms with Gasteiger partial charge in [-0.1, -0.05) is 116 Å². The lowest BCUT2D eigenvalue weighted by molar-refractivity contribution is -0.159. The van der Waals surface area contributed by atoms with Crippen LogP contribution in [0.5, 0.6) is 0 Å². The predicted molar refractivity (Wildman–Crippen MR) is 258 cm³/mol. The second kappa shape index (κ2) is 42.0. The molecule has 62 heavy (non-hydrogen) atoms. The molecule has 0 heterocycles. The molecule has 0 amide bonds. The highest BCUT2D eigenvalue weighted by Gasteiger charge is 2.19. The Hall–Kier alpha value is -3.02. The topological polar surface area (TPSA) is 132 Å². The van der Waals surface area contributed by atoms with Crippen molar-refractivity contribution in [1.82, 2.24) is 4.90 Å². The summed E-state index contributed by atoms with van der Waals surface area (Å²) < 4.78 is 23.2. The number of unbranched alkanes of at least 4 members (excludes halogenated alkanes) is 17. The number of hydrogen-bond donors (Lipinski definition) is 2. The third-order valence-electron chi connectivity index (χ3n) is 11.1. The monoisotopic (exact) mass is 874 g/mol. The summed E-state index contributed by atoms with van der Waals surface area (Å²) in [6.07, 6.45) is 36.7. The van der Waals surface area contributed by atoms with Crippen LogP contribution in [0.15, 0.2) is 33.9 Å². The van der Waals surface area contributed by atoms with Crippen LogP contribution in [-0.2, 0) is 28.5 Å². The van der Waals surface area contributed by atoms with Crippen molar-refractivity contribution in [3.63, 3.8) is 0 Å². The van der Waals surface area contributed by atoms with Crippen molar-refractivity contribution in [2.75, 3.05) is 70.3 Å². The van der Waals surface area contributed by atoms with Gasteiger partial charge >= 0.3 is 11.9 Å². The molecule has 0 aliphatic rings. The molecule has 358 valence electrons. The SMILES string of the molecule is CC/C=C\CCCCOC(CCC(=O)OCCCCCCN(CCCCCCCC(=O)OCCCCCCCCC)CCCNc1c(NC)c(=O)c1=O)OCCCC/C=C\CC. The van der Waals surface area contributed by atoms with Gasteiger partial charge in [-0.25, -0.2) is 0 Å². The number of carbonyl (C=O) groups excluding carboxylic acids is 2. The quantitative estimate of drug-likeness (QED) is 0.0213. The average Bonchev–Trinajstić information content (AvgIpc) is 3.27. The van der Waals surface area contributed by atoms with Gasteiger partial charge in [0.2, 0.25) is 0 Å². The zero-order valence-electron chi connectivity index (χ0n) is 40.1. The van der Waals surface area contributed by atoms with Crippen LogP contribution >= 0.6 is 0 Å². The van der Waals surface area contributed by atoms with Gasteiger partial charge in [0.05, 0.1) is 19.6 Å². The molecule has 0 radical (unpaired) electrons. The highest BCUT2D eigenvalue weighted by Crippen LogP contribution is 2.15. The van der Waals surface area contributed by atoms with Crippen LogP contribution < -0.4 is 21.5 Å². The van der Waals surface area contributed by atoms with Crippen LogP contribution in [0.2, 0.25) is 0 Å². The summed E-state index contributed by atoms with van der Waals surface area (Å²) in [6, 6.07) is 0. The van der Waals surface area contributed by atoms with E-state index < -0.39 is 10.9 Å². The Morgan fingerprint density at radius 1 is 0.532 bits per heavy atom. The highest BCUT2D eigenvalue weighted by molar-refractivity contribution is 5.73. The molecule has 0 saturated heterocycles. The van der Waals surface area contributed by atoms with E-state index in [4.69, 9.17) is 18.9 Å². The van der Waals surface area contributed by atoms with E-state index in [9.17, 15) is 19.2 Å². The van der Waals surface area contributed by atoms with Crippen LogP contribution in [0.25, 0.3) is 0 Å². The second-order valence-corrected chi connectivity index (χ2v) is 16.7. The Kier molecular flexibility index (Phi) is 38.6. The third-order valence-corrected chi connectivity index (χ3v) is 11.1. The minimum absolute atomic E-state index is 0.0616. The third kappa shape index (κ3) is 31.8. The van der Waals surface area contributed by atoms with Gasteiger partial charge < -0.3 is 34.5 Å². The van der Waals surface area contributed by atoms with Gasteiger partial charge in [-0.15, -0.1) is 0 Å². The molecule has 0 bridgehead atoms. The van der Waals surface area contributed by atoms with Crippen LogP contribution in [-0.4, -0.2) is 82.8 Å². The van der Waals surface area contributed by atoms with Gasteiger partial charge in [0, 0.05) is 39.6 Å². The zero-order valence-corrected chi connectivity index (χ0v) is 40.1. The number of carbonyl (C=O) groups is 2. The normalized spacial score (nSPS) is 11.8. The van der Waals surface area contributed by atoms with Crippen LogP contribution in [0.3, 0.4) is 0 Å². The molecule has 1 aromatic carbocycles. The molecule has 0 aliphatic heterocycles. The molecule has 11 nitrogen and oxygen atoms in total. The van der Waals surface area contributed by atoms with Crippen molar-refractivity contribution in [1.29, 1.82) is 0 Å². The van der Waals surface area contributed by atoms with E-state index in [1.54, 1.807) is 7.05 Å². The first-order valence-electron chi connectivity index (χ1n) is 25.2. The van der Waals surface area contributed by atoms with Crippen molar-refractivity contribution in [2.45, 2.75) is 207 Å². The molecule has 0 aromatic heterocycles. The van der Waals surface area contributed by atoms with Crippen LogP contribution in [0.1, 0.15) is 201 Å². The number of ether oxygens (including phenoxy) is 4. The van der Waals surface area contributed by atoms with E-state index in [0.717, 1.165) is 148 Å². The van der Waals surface area contributed by atoms with Gasteiger partial charge in [0.15, 0.2) is 6.29 Å². The Morgan fingerprint density at radius 3 is 1.55 bits per heavy atom. The molecular formula is C51H91N3O8. The molecule has 0 spiro atoms. The zero-order chi connectivity index (χ0) is 45.1. The van der Waals surface area contributed by atoms with Gasteiger partial charge in [-0.2, -0.15) is 0 Å². The number of anilines is 2. The Morgan fingerprint density at radius 2 is 1.00 bits per heavy atom. The molecule has 1 aromatic rings. The van der Waals surface area contributed by atoms with Crippen LogP contribution in [0.4, 0.5) is 11.4 Å². The van der Waals surface area contributed by atoms with E-state index in [1.165, 1.54) is 32.1 Å². The fraction of sp³-hybridized carbons (Fsp3) is 0.804. The molecule has 0 unspecified atom stereocenters. The highest BCUT2D eigenvalue weighted by atomic mass is 16.7. The molecule has 0 aliphatic carbocycles. The lowest BCUT2D eigenvalue weighted by Crippen LogP contribution is -2.37. The molecule has 0 atom stereocenters. The van der Waals surface area contributed by atoms with Crippen molar-refractivity contribution in [3.8, 4) is 0 Å². The summed E-state index contributed by atoms with van der Waals surface area (Å²) in [4.78, 5) is 51.0. The average molecular weight is 874 g/mol. The number of nitrogens with zero attached hydrogens (tertiary/aromatic N) is 1. The largest absolute Gasteiger partial charge is 0.466 e. The fourth-order valence-corrected chi connectivity index (χ4v) is 7.33. The van der Waals surface area contributed by atoms with Crippen molar-refractivity contribution in [3.05, 3.63) is 44.8 Å². The summed E-state index contributed by atoms with van der Waals surface area (Å²) in [6.45, 7) is 12.3. The smallest absolute Gasteiger partial charge is 0.305 e. The van der Waals surface area contributed by atoms with E-state index >= 15 is 0 Å². The summed E-state index contributed by atoms with van der Waals surface area (Å²) >= 11 is 0. The Labute approximate surface area is 377 Å². The maximum atomic E-state index is 12.6. The molecule has 11 heteroatoms. The van der Waals surface area contributed by atoms with Crippen molar-refractivity contribution in [2.24, 2.45) is 0 Å². The predicted octanol–water partition coefficient (Wildman–Crippen LogP) is 11.6. The Balaban J connectivity index is 2.36. The first-order chi connectivity index (χ1) is 30.4. The number of esters is 2. The molecule has 0 saturated carbocycles. The van der Waals surface area contributed by atoms with E-state index in [-0.39, 0.29) is 24.6 Å². The lowest BCUT2D eigenvalue weighted by Gasteiger charge is -2.23. The summed E-state index contributed by atoms with van der Waals surface area (Å²) in [5.41, 5.74) is -0.125. The molecular weight excluding hydrogens is 783 g/mol. The first kappa shape index (κ1) is 57.0. The lowest BCUT2D eigenvalue weighted by atomic mass is 10.1. The number of nitrogens with one attached hydrogen (secondary N) is 2. The molecule has 1 rings (SSSR count). The summed E-state index contributed by atoms with van der Waals surface area (Å²) in [7, 11) is 1.66. The minimum atomic E-state index is -0.454. The summed E-state index contributed by atoms with van der Waals surface area (Å²) in [5, 5.41) is 5.98. The van der Waals surface area contributed by atoms with Crippen molar-refractivity contribution >= 4 is 23.3 Å². The number of hydrogen-bond acceptors (Lipinski definition) is 11. The molecule has 2 N–H and O–H groups in total. The van der Waals surface area contributed by atoms with Gasteiger partial charge in [-0.3, -0.25) is 19.2 Å². The Bertz CT molecular complexity index is 1320. The van der Waals surface area contributed by atoms with E-state index in [1.807, 2.05) is 0 Å². The first-order valence-corrected chi connectivity index (χ1v) is 25.2.